The number of nitrogens with zero attached hydrogens (tertiary/aromatic N) is 3. The lowest BCUT2D eigenvalue weighted by molar-refractivity contribution is 0.0950. The smallest absolute Gasteiger partial charge is 0.255 e. The molecule has 0 aliphatic carbocycles. The van der Waals surface area contributed by atoms with E-state index in [2.05, 4.69) is 29.2 Å². The summed E-state index contributed by atoms with van der Waals surface area (Å²) in [5.41, 5.74) is 2.49. The average molecular weight is 280 g/mol. The number of hydrogen-bond donors (Lipinski definition) is 1. The van der Waals surface area contributed by atoms with Crippen LogP contribution in [0.2, 0.25) is 0 Å². The molecule has 0 saturated heterocycles. The van der Waals surface area contributed by atoms with Crippen LogP contribution in [0.15, 0.2) is 0 Å². The Hall–Kier alpha value is -1.36. The van der Waals surface area contributed by atoms with Gasteiger partial charge >= 0.3 is 0 Å². The zero-order valence-corrected chi connectivity index (χ0v) is 13.5. The van der Waals surface area contributed by atoms with Gasteiger partial charge in [-0.05, 0) is 46.8 Å². The predicted octanol–water partition coefficient (Wildman–Crippen LogP) is 1.98. The molecule has 5 heteroatoms. The van der Waals surface area contributed by atoms with Gasteiger partial charge in [0.1, 0.15) is 0 Å². The Bertz CT molecular complexity index is 435. The molecule has 0 aliphatic rings. The first-order valence-corrected chi connectivity index (χ1v) is 7.59. The van der Waals surface area contributed by atoms with Crippen molar-refractivity contribution in [1.82, 2.24) is 20.0 Å². The summed E-state index contributed by atoms with van der Waals surface area (Å²) < 4.78 is 1.88. The van der Waals surface area contributed by atoms with Crippen LogP contribution in [-0.4, -0.2) is 46.8 Å². The first-order valence-electron chi connectivity index (χ1n) is 7.59. The van der Waals surface area contributed by atoms with Crippen LogP contribution in [0.1, 0.15) is 48.9 Å². The SMILES string of the molecule is CCN(CC)CCCNC(=O)c1c(C)nn(CC)c1C. The summed E-state index contributed by atoms with van der Waals surface area (Å²) in [5, 5.41) is 7.38. The summed E-state index contributed by atoms with van der Waals surface area (Å²) in [7, 11) is 0. The molecule has 0 spiro atoms. The van der Waals surface area contributed by atoms with Crippen molar-refractivity contribution < 1.29 is 4.79 Å². The van der Waals surface area contributed by atoms with E-state index in [1.165, 1.54) is 0 Å². The van der Waals surface area contributed by atoms with Gasteiger partial charge in [0.25, 0.3) is 5.91 Å². The largest absolute Gasteiger partial charge is 0.352 e. The fourth-order valence-electron chi connectivity index (χ4n) is 2.47. The lowest BCUT2D eigenvalue weighted by Crippen LogP contribution is -2.30. The highest BCUT2D eigenvalue weighted by atomic mass is 16.1. The quantitative estimate of drug-likeness (QED) is 0.741. The van der Waals surface area contributed by atoms with E-state index in [1.807, 2.05) is 25.5 Å². The lowest BCUT2D eigenvalue weighted by atomic mass is 10.2. The van der Waals surface area contributed by atoms with Gasteiger partial charge in [-0.3, -0.25) is 9.48 Å². The minimum atomic E-state index is -0.000697. The molecular weight excluding hydrogens is 252 g/mol. The predicted molar refractivity (Wildman–Crippen MR) is 82.1 cm³/mol. The molecule has 0 atom stereocenters. The van der Waals surface area contributed by atoms with Crippen molar-refractivity contribution in [1.29, 1.82) is 0 Å². The van der Waals surface area contributed by atoms with E-state index in [4.69, 9.17) is 0 Å². The maximum absolute atomic E-state index is 12.2. The number of aromatic nitrogens is 2. The van der Waals surface area contributed by atoms with Gasteiger partial charge in [-0.15, -0.1) is 0 Å². The Morgan fingerprint density at radius 3 is 2.40 bits per heavy atom. The molecule has 1 aromatic rings. The van der Waals surface area contributed by atoms with Gasteiger partial charge in [-0.25, -0.2) is 0 Å². The van der Waals surface area contributed by atoms with Crippen LogP contribution >= 0.6 is 0 Å². The minimum absolute atomic E-state index is 0.000697. The van der Waals surface area contributed by atoms with Crippen molar-refractivity contribution in [3.63, 3.8) is 0 Å². The molecule has 0 radical (unpaired) electrons. The molecule has 5 nitrogen and oxygen atoms in total. The van der Waals surface area contributed by atoms with Crippen molar-refractivity contribution in [2.75, 3.05) is 26.2 Å². The maximum atomic E-state index is 12.2. The number of carbonyl (C=O) groups is 1. The summed E-state index contributed by atoms with van der Waals surface area (Å²) in [6.07, 6.45) is 0.980. The van der Waals surface area contributed by atoms with Gasteiger partial charge in [0.05, 0.1) is 11.3 Å². The highest BCUT2D eigenvalue weighted by Gasteiger charge is 2.17. The fraction of sp³-hybridized carbons (Fsp3) is 0.733. The second-order valence-electron chi connectivity index (χ2n) is 5.00. The van der Waals surface area contributed by atoms with Crippen LogP contribution < -0.4 is 5.32 Å². The number of nitrogens with one attached hydrogen (secondary N) is 1. The zero-order chi connectivity index (χ0) is 15.1. The van der Waals surface area contributed by atoms with Gasteiger partial charge in [-0.2, -0.15) is 5.10 Å². The van der Waals surface area contributed by atoms with Gasteiger partial charge in [0.15, 0.2) is 0 Å². The van der Waals surface area contributed by atoms with Crippen LogP contribution in [0.3, 0.4) is 0 Å². The Labute approximate surface area is 122 Å². The number of carbonyl (C=O) groups excluding carboxylic acids is 1. The van der Waals surface area contributed by atoms with Gasteiger partial charge in [0.2, 0.25) is 0 Å². The molecule has 0 aromatic carbocycles. The number of amides is 1. The van der Waals surface area contributed by atoms with E-state index in [0.29, 0.717) is 6.54 Å². The molecule has 0 aliphatic heterocycles. The normalized spacial score (nSPS) is 11.1. The molecule has 1 amide bonds. The van der Waals surface area contributed by atoms with Crippen LogP contribution in [0.4, 0.5) is 0 Å². The van der Waals surface area contributed by atoms with E-state index in [1.54, 1.807) is 0 Å². The second kappa shape index (κ2) is 8.04. The summed E-state index contributed by atoms with van der Waals surface area (Å²) in [6, 6.07) is 0. The van der Waals surface area contributed by atoms with Gasteiger partial charge in [0, 0.05) is 18.8 Å². The third-order valence-electron chi connectivity index (χ3n) is 3.74. The van der Waals surface area contributed by atoms with Crippen molar-refractivity contribution in [2.45, 2.75) is 47.6 Å². The van der Waals surface area contributed by atoms with Crippen LogP contribution in [0, 0.1) is 13.8 Å². The highest BCUT2D eigenvalue weighted by molar-refractivity contribution is 5.96. The van der Waals surface area contributed by atoms with E-state index in [-0.39, 0.29) is 5.91 Å². The summed E-state index contributed by atoms with van der Waals surface area (Å²) in [4.78, 5) is 14.6. The molecule has 0 saturated carbocycles. The minimum Gasteiger partial charge on any atom is -0.352 e. The van der Waals surface area contributed by atoms with Gasteiger partial charge in [-0.1, -0.05) is 13.8 Å². The molecule has 114 valence electrons. The molecule has 1 heterocycles. The number of hydrogen-bond acceptors (Lipinski definition) is 3. The van der Waals surface area contributed by atoms with E-state index in [0.717, 1.165) is 49.6 Å². The number of aryl methyl sites for hydroxylation is 2. The van der Waals surface area contributed by atoms with Crippen molar-refractivity contribution in [3.8, 4) is 0 Å². The zero-order valence-electron chi connectivity index (χ0n) is 13.5. The van der Waals surface area contributed by atoms with Crippen LogP contribution in [-0.2, 0) is 6.54 Å². The van der Waals surface area contributed by atoms with Crippen LogP contribution in [0.5, 0.6) is 0 Å². The Morgan fingerprint density at radius 2 is 1.90 bits per heavy atom. The third-order valence-corrected chi connectivity index (χ3v) is 3.74. The molecule has 1 rings (SSSR count). The molecule has 0 fully saturated rings. The van der Waals surface area contributed by atoms with Crippen molar-refractivity contribution >= 4 is 5.91 Å². The standard InChI is InChI=1S/C15H28N4O/c1-6-18(7-2)11-9-10-16-15(20)14-12(4)17-19(8-3)13(14)5/h6-11H2,1-5H3,(H,16,20). The third kappa shape index (κ3) is 4.07. The Morgan fingerprint density at radius 1 is 1.25 bits per heavy atom. The van der Waals surface area contributed by atoms with Crippen molar-refractivity contribution in [3.05, 3.63) is 17.0 Å². The summed E-state index contributed by atoms with van der Waals surface area (Å²) in [6.45, 7) is 14.9. The number of rotatable bonds is 8. The fourth-order valence-corrected chi connectivity index (χ4v) is 2.47. The molecule has 1 aromatic heterocycles. The van der Waals surface area contributed by atoms with E-state index in [9.17, 15) is 4.79 Å². The summed E-state index contributed by atoms with van der Waals surface area (Å²) >= 11 is 0. The first-order chi connectivity index (χ1) is 9.54. The summed E-state index contributed by atoms with van der Waals surface area (Å²) in [5.74, 6) is -0.000697. The van der Waals surface area contributed by atoms with Crippen molar-refractivity contribution in [2.24, 2.45) is 0 Å². The molecule has 1 N–H and O–H groups in total. The maximum Gasteiger partial charge on any atom is 0.255 e. The Kier molecular flexibility index (Phi) is 6.71. The highest BCUT2D eigenvalue weighted by Crippen LogP contribution is 2.12. The molecule has 20 heavy (non-hydrogen) atoms. The topological polar surface area (TPSA) is 50.2 Å². The van der Waals surface area contributed by atoms with E-state index >= 15 is 0 Å². The van der Waals surface area contributed by atoms with E-state index < -0.39 is 0 Å². The Balaban J connectivity index is 2.49. The monoisotopic (exact) mass is 280 g/mol. The molecule has 0 unspecified atom stereocenters. The molecule has 0 bridgehead atoms. The second-order valence-corrected chi connectivity index (χ2v) is 5.00. The van der Waals surface area contributed by atoms with Gasteiger partial charge < -0.3 is 10.2 Å². The lowest BCUT2D eigenvalue weighted by Gasteiger charge is -2.17. The molecular formula is C15H28N4O. The average Bonchev–Trinajstić information content (AvgIpc) is 2.73. The van der Waals surface area contributed by atoms with Crippen LogP contribution in [0.25, 0.3) is 0 Å². The first kappa shape index (κ1) is 16.7.